The molecular formula is C22H25N3O2S. The first-order valence-corrected chi connectivity index (χ1v) is 10.4. The van der Waals surface area contributed by atoms with Crippen LogP contribution in [0.4, 0.5) is 5.69 Å². The van der Waals surface area contributed by atoms with Crippen molar-refractivity contribution >= 4 is 34.3 Å². The average molecular weight is 396 g/mol. The number of benzene rings is 2. The predicted octanol–water partition coefficient (Wildman–Crippen LogP) is 4.54. The zero-order valence-corrected chi connectivity index (χ0v) is 17.5. The first kappa shape index (κ1) is 20.1. The van der Waals surface area contributed by atoms with Crippen LogP contribution >= 0.6 is 11.8 Å². The summed E-state index contributed by atoms with van der Waals surface area (Å²) < 4.78 is 1.64. The van der Waals surface area contributed by atoms with E-state index >= 15 is 0 Å². The third-order valence-corrected chi connectivity index (χ3v) is 6.14. The summed E-state index contributed by atoms with van der Waals surface area (Å²) in [5.74, 6) is -0.0741. The lowest BCUT2D eigenvalue weighted by molar-refractivity contribution is -0.115. The van der Waals surface area contributed by atoms with Crippen molar-refractivity contribution in [2.24, 2.45) is 0 Å². The van der Waals surface area contributed by atoms with Crippen LogP contribution in [-0.2, 0) is 11.3 Å². The van der Waals surface area contributed by atoms with E-state index in [1.54, 1.807) is 10.6 Å². The summed E-state index contributed by atoms with van der Waals surface area (Å²) in [4.78, 5) is 30.4. The summed E-state index contributed by atoms with van der Waals surface area (Å²) in [6.45, 7) is 8.36. The summed E-state index contributed by atoms with van der Waals surface area (Å²) in [5.41, 5.74) is 3.50. The van der Waals surface area contributed by atoms with Crippen LogP contribution in [0.5, 0.6) is 0 Å². The van der Waals surface area contributed by atoms with E-state index in [0.717, 1.165) is 16.8 Å². The number of rotatable bonds is 6. The van der Waals surface area contributed by atoms with Gasteiger partial charge in [-0.05, 0) is 50.5 Å². The Morgan fingerprint density at radius 3 is 2.43 bits per heavy atom. The van der Waals surface area contributed by atoms with Crippen LogP contribution in [0.3, 0.4) is 0 Å². The van der Waals surface area contributed by atoms with Gasteiger partial charge in [0, 0.05) is 12.2 Å². The first-order valence-electron chi connectivity index (χ1n) is 9.49. The number of fused-ring (bicyclic) bond motifs is 1. The summed E-state index contributed by atoms with van der Waals surface area (Å²) >= 11 is 1.35. The van der Waals surface area contributed by atoms with Gasteiger partial charge in [0.25, 0.3) is 5.56 Å². The third-order valence-electron chi connectivity index (χ3n) is 4.78. The number of carbonyl (C=O) groups is 1. The van der Waals surface area contributed by atoms with Gasteiger partial charge < -0.3 is 5.32 Å². The molecule has 1 amide bonds. The van der Waals surface area contributed by atoms with Crippen LogP contribution in [0.2, 0.25) is 0 Å². The van der Waals surface area contributed by atoms with Crippen molar-refractivity contribution in [3.05, 3.63) is 63.9 Å². The first-order chi connectivity index (χ1) is 13.5. The van der Waals surface area contributed by atoms with Crippen LogP contribution in [0.25, 0.3) is 10.9 Å². The summed E-state index contributed by atoms with van der Waals surface area (Å²) in [6, 6.07) is 13.3. The lowest BCUT2D eigenvalue weighted by Gasteiger charge is -2.19. The maximum Gasteiger partial charge on any atom is 0.262 e. The van der Waals surface area contributed by atoms with Gasteiger partial charge in [0.15, 0.2) is 5.16 Å². The van der Waals surface area contributed by atoms with E-state index in [4.69, 9.17) is 0 Å². The Morgan fingerprint density at radius 1 is 1.11 bits per heavy atom. The number of aromatic nitrogens is 2. The van der Waals surface area contributed by atoms with Crippen molar-refractivity contribution < 1.29 is 4.79 Å². The standard InChI is InChI=1S/C22H25N3O2S/c1-5-18(20(26)24-19-14(3)10-9-11-15(19)4)28-22-23-17-13-8-7-12-16(17)21(27)25(22)6-2/h7-13,18H,5-6H2,1-4H3,(H,24,26). The van der Waals surface area contributed by atoms with Gasteiger partial charge in [0.05, 0.1) is 16.2 Å². The van der Waals surface area contributed by atoms with E-state index in [1.807, 2.05) is 64.1 Å². The lowest BCUT2D eigenvalue weighted by atomic mass is 10.1. The number of amides is 1. The van der Waals surface area contributed by atoms with Crippen molar-refractivity contribution in [2.75, 3.05) is 5.32 Å². The molecule has 1 aromatic heterocycles. The molecule has 6 heteroatoms. The van der Waals surface area contributed by atoms with Gasteiger partial charge in [-0.1, -0.05) is 49.0 Å². The van der Waals surface area contributed by atoms with E-state index < -0.39 is 0 Å². The molecule has 0 spiro atoms. The number of carbonyl (C=O) groups excluding carboxylic acids is 1. The maximum absolute atomic E-state index is 13.0. The molecule has 0 saturated carbocycles. The smallest absolute Gasteiger partial charge is 0.262 e. The van der Waals surface area contributed by atoms with Crippen LogP contribution in [-0.4, -0.2) is 20.7 Å². The van der Waals surface area contributed by atoms with Crippen LogP contribution in [0, 0.1) is 13.8 Å². The van der Waals surface area contributed by atoms with Gasteiger partial charge >= 0.3 is 0 Å². The average Bonchev–Trinajstić information content (AvgIpc) is 2.69. The van der Waals surface area contributed by atoms with Crippen molar-refractivity contribution in [1.29, 1.82) is 0 Å². The fourth-order valence-electron chi connectivity index (χ4n) is 3.18. The fraction of sp³-hybridized carbons (Fsp3) is 0.318. The molecule has 5 nitrogen and oxygen atoms in total. The minimum atomic E-state index is -0.343. The quantitative estimate of drug-likeness (QED) is 0.491. The van der Waals surface area contributed by atoms with Crippen LogP contribution in [0.15, 0.2) is 52.4 Å². The summed E-state index contributed by atoms with van der Waals surface area (Å²) in [6.07, 6.45) is 0.633. The number of aryl methyl sites for hydroxylation is 2. The molecule has 1 unspecified atom stereocenters. The Kier molecular flexibility index (Phi) is 6.19. The molecule has 28 heavy (non-hydrogen) atoms. The molecule has 0 aliphatic heterocycles. The fourth-order valence-corrected chi connectivity index (χ4v) is 4.26. The molecule has 0 radical (unpaired) electrons. The summed E-state index contributed by atoms with van der Waals surface area (Å²) in [7, 11) is 0. The molecule has 1 atom stereocenters. The maximum atomic E-state index is 13.0. The molecule has 3 rings (SSSR count). The molecule has 1 heterocycles. The molecular weight excluding hydrogens is 370 g/mol. The molecule has 2 aromatic carbocycles. The minimum Gasteiger partial charge on any atom is -0.325 e. The highest BCUT2D eigenvalue weighted by Gasteiger charge is 2.22. The molecule has 1 N–H and O–H groups in total. The van der Waals surface area contributed by atoms with Crippen LogP contribution in [0.1, 0.15) is 31.4 Å². The SMILES string of the molecule is CCC(Sc1nc2ccccc2c(=O)n1CC)C(=O)Nc1c(C)cccc1C. The second-order valence-electron chi connectivity index (χ2n) is 6.73. The second-order valence-corrected chi connectivity index (χ2v) is 7.90. The topological polar surface area (TPSA) is 64.0 Å². The van der Waals surface area contributed by atoms with Crippen molar-refractivity contribution in [2.45, 2.75) is 51.1 Å². The predicted molar refractivity (Wildman–Crippen MR) is 116 cm³/mol. The van der Waals surface area contributed by atoms with Crippen molar-refractivity contribution in [3.8, 4) is 0 Å². The van der Waals surface area contributed by atoms with Crippen LogP contribution < -0.4 is 10.9 Å². The minimum absolute atomic E-state index is 0.0689. The highest BCUT2D eigenvalue weighted by Crippen LogP contribution is 2.27. The molecule has 146 valence electrons. The Bertz CT molecular complexity index is 1050. The van der Waals surface area contributed by atoms with Gasteiger partial charge in [-0.15, -0.1) is 0 Å². The van der Waals surface area contributed by atoms with Crippen molar-refractivity contribution in [3.63, 3.8) is 0 Å². The van der Waals surface area contributed by atoms with E-state index in [1.165, 1.54) is 11.8 Å². The Morgan fingerprint density at radius 2 is 1.79 bits per heavy atom. The Balaban J connectivity index is 1.92. The Labute approximate surface area is 169 Å². The molecule has 0 fully saturated rings. The zero-order valence-electron chi connectivity index (χ0n) is 16.7. The van der Waals surface area contributed by atoms with E-state index in [0.29, 0.717) is 29.0 Å². The van der Waals surface area contributed by atoms with E-state index in [2.05, 4.69) is 10.3 Å². The second kappa shape index (κ2) is 8.61. The number of anilines is 1. The van der Waals surface area contributed by atoms with Gasteiger partial charge in [0.2, 0.25) is 5.91 Å². The molecule has 3 aromatic rings. The number of hydrogen-bond acceptors (Lipinski definition) is 4. The van der Waals surface area contributed by atoms with Gasteiger partial charge in [0.1, 0.15) is 0 Å². The number of nitrogens with one attached hydrogen (secondary N) is 1. The monoisotopic (exact) mass is 395 g/mol. The number of hydrogen-bond donors (Lipinski definition) is 1. The summed E-state index contributed by atoms with van der Waals surface area (Å²) in [5, 5.41) is 3.90. The van der Waals surface area contributed by atoms with E-state index in [9.17, 15) is 9.59 Å². The number of para-hydroxylation sites is 2. The lowest BCUT2D eigenvalue weighted by Crippen LogP contribution is -2.28. The Hall–Kier alpha value is -2.60. The molecule has 0 aliphatic carbocycles. The highest BCUT2D eigenvalue weighted by molar-refractivity contribution is 8.00. The van der Waals surface area contributed by atoms with Crippen molar-refractivity contribution in [1.82, 2.24) is 9.55 Å². The molecule has 0 saturated heterocycles. The van der Waals surface area contributed by atoms with E-state index in [-0.39, 0.29) is 16.7 Å². The molecule has 0 bridgehead atoms. The highest BCUT2D eigenvalue weighted by atomic mass is 32.2. The van der Waals surface area contributed by atoms with Gasteiger partial charge in [-0.3, -0.25) is 14.2 Å². The van der Waals surface area contributed by atoms with Gasteiger partial charge in [-0.2, -0.15) is 0 Å². The number of thioether (sulfide) groups is 1. The number of nitrogens with zero attached hydrogens (tertiary/aromatic N) is 2. The zero-order chi connectivity index (χ0) is 20.3. The molecule has 0 aliphatic rings. The van der Waals surface area contributed by atoms with Gasteiger partial charge in [-0.25, -0.2) is 4.98 Å². The third kappa shape index (κ3) is 3.97. The normalized spacial score (nSPS) is 12.1. The largest absolute Gasteiger partial charge is 0.325 e.